The molecule has 104 valence electrons. The lowest BCUT2D eigenvalue weighted by Crippen LogP contribution is -2.44. The Labute approximate surface area is 120 Å². The van der Waals surface area contributed by atoms with Crippen molar-refractivity contribution in [2.45, 2.75) is 70.3 Å². The van der Waals surface area contributed by atoms with Crippen LogP contribution in [0.5, 0.6) is 0 Å². The Morgan fingerprint density at radius 1 is 1.06 bits per heavy atom. The Morgan fingerprint density at radius 3 is 2.50 bits per heavy atom. The van der Waals surface area contributed by atoms with E-state index in [1.54, 1.807) is 0 Å². The molecule has 2 aliphatic rings. The summed E-state index contributed by atoms with van der Waals surface area (Å²) in [5.74, 6) is 1.12. The van der Waals surface area contributed by atoms with Crippen molar-refractivity contribution >= 4 is 21.8 Å². The number of carbonyl (C=O) groups is 1. The van der Waals surface area contributed by atoms with E-state index in [0.29, 0.717) is 17.9 Å². The molecule has 1 saturated carbocycles. The number of hydrogen-bond donors (Lipinski definition) is 0. The van der Waals surface area contributed by atoms with Crippen molar-refractivity contribution in [3.8, 4) is 0 Å². The Kier molecular flexibility index (Phi) is 6.00. The van der Waals surface area contributed by atoms with E-state index in [9.17, 15) is 4.79 Å². The summed E-state index contributed by atoms with van der Waals surface area (Å²) < 4.78 is 0. The quantitative estimate of drug-likeness (QED) is 0.714. The Morgan fingerprint density at radius 2 is 1.78 bits per heavy atom. The smallest absolute Gasteiger partial charge is 0.223 e. The molecule has 1 unspecified atom stereocenters. The highest BCUT2D eigenvalue weighted by molar-refractivity contribution is 9.09. The topological polar surface area (TPSA) is 20.3 Å². The predicted molar refractivity (Wildman–Crippen MR) is 79.0 cm³/mol. The van der Waals surface area contributed by atoms with Crippen LogP contribution in [-0.4, -0.2) is 28.7 Å². The van der Waals surface area contributed by atoms with Gasteiger partial charge in [0.15, 0.2) is 0 Å². The minimum Gasteiger partial charge on any atom is -0.340 e. The van der Waals surface area contributed by atoms with E-state index >= 15 is 0 Å². The van der Waals surface area contributed by atoms with Crippen LogP contribution >= 0.6 is 15.9 Å². The van der Waals surface area contributed by atoms with Crippen molar-refractivity contribution in [3.63, 3.8) is 0 Å². The van der Waals surface area contributed by atoms with Crippen LogP contribution in [0.3, 0.4) is 0 Å². The van der Waals surface area contributed by atoms with Gasteiger partial charge in [0.05, 0.1) is 0 Å². The zero-order valence-corrected chi connectivity index (χ0v) is 13.0. The Bertz CT molecular complexity index is 261. The molecule has 18 heavy (non-hydrogen) atoms. The van der Waals surface area contributed by atoms with Gasteiger partial charge in [-0.1, -0.05) is 35.2 Å². The second-order valence-corrected chi connectivity index (χ2v) is 6.72. The zero-order chi connectivity index (χ0) is 12.8. The molecule has 1 aliphatic heterocycles. The third-order valence-corrected chi connectivity index (χ3v) is 5.04. The normalized spacial score (nSPS) is 26.3. The number of hydrogen-bond acceptors (Lipinski definition) is 1. The van der Waals surface area contributed by atoms with Crippen molar-refractivity contribution in [2.75, 3.05) is 11.9 Å². The summed E-state index contributed by atoms with van der Waals surface area (Å²) in [6.45, 7) is 1.00. The molecule has 2 rings (SSSR count). The first-order valence-corrected chi connectivity index (χ1v) is 8.79. The summed E-state index contributed by atoms with van der Waals surface area (Å²) in [6.07, 6.45) is 12.3. The van der Waals surface area contributed by atoms with E-state index < -0.39 is 0 Å². The van der Waals surface area contributed by atoms with Crippen molar-refractivity contribution in [1.82, 2.24) is 4.90 Å². The molecule has 2 nitrogen and oxygen atoms in total. The van der Waals surface area contributed by atoms with Crippen LogP contribution in [-0.2, 0) is 4.79 Å². The summed E-state index contributed by atoms with van der Waals surface area (Å²) in [4.78, 5) is 14.7. The number of rotatable bonds is 4. The highest BCUT2D eigenvalue weighted by atomic mass is 79.9. The van der Waals surface area contributed by atoms with E-state index in [4.69, 9.17) is 0 Å². The Hall–Kier alpha value is -0.0500. The van der Waals surface area contributed by atoms with Crippen LogP contribution < -0.4 is 0 Å². The molecule has 2 fully saturated rings. The average molecular weight is 316 g/mol. The van der Waals surface area contributed by atoms with E-state index in [2.05, 4.69) is 20.8 Å². The van der Waals surface area contributed by atoms with E-state index in [1.165, 1.54) is 51.4 Å². The molecule has 0 aromatic rings. The van der Waals surface area contributed by atoms with Gasteiger partial charge in [0.25, 0.3) is 0 Å². The second-order valence-electron chi connectivity index (χ2n) is 5.92. The number of halogens is 1. The van der Waals surface area contributed by atoms with Gasteiger partial charge in [0.1, 0.15) is 0 Å². The lowest BCUT2D eigenvalue weighted by molar-refractivity contribution is -0.136. The summed E-state index contributed by atoms with van der Waals surface area (Å²) in [6, 6.07) is 0.509. The van der Waals surface area contributed by atoms with Crippen LogP contribution in [0, 0.1) is 5.92 Å². The first-order chi connectivity index (χ1) is 8.81. The monoisotopic (exact) mass is 315 g/mol. The van der Waals surface area contributed by atoms with Crippen molar-refractivity contribution in [3.05, 3.63) is 0 Å². The Balaban J connectivity index is 1.84. The molecular formula is C15H26BrNO. The number of amides is 1. The summed E-state index contributed by atoms with van der Waals surface area (Å²) in [5, 5.41) is 1.02. The van der Waals surface area contributed by atoms with Crippen molar-refractivity contribution in [2.24, 2.45) is 5.92 Å². The molecule has 0 bridgehead atoms. The highest BCUT2D eigenvalue weighted by Crippen LogP contribution is 2.28. The average Bonchev–Trinajstić information content (AvgIpc) is 2.41. The van der Waals surface area contributed by atoms with Gasteiger partial charge in [-0.05, 0) is 44.4 Å². The molecule has 0 N–H and O–H groups in total. The van der Waals surface area contributed by atoms with Gasteiger partial charge in [-0.15, -0.1) is 0 Å². The van der Waals surface area contributed by atoms with E-state index in [-0.39, 0.29) is 0 Å². The molecule has 1 amide bonds. The largest absolute Gasteiger partial charge is 0.340 e. The standard InChI is InChI=1S/C15H26BrNO/c16-10-9-14-8-4-5-11-17(14)15(18)12-13-6-2-1-3-7-13/h13-14H,1-12H2. The molecule has 1 atom stereocenters. The molecule has 0 aromatic carbocycles. The predicted octanol–water partition coefficient (Wildman–Crippen LogP) is 4.12. The maximum atomic E-state index is 12.5. The van der Waals surface area contributed by atoms with Gasteiger partial charge in [-0.2, -0.15) is 0 Å². The first kappa shape index (κ1) is 14.4. The van der Waals surface area contributed by atoms with Crippen molar-refractivity contribution in [1.29, 1.82) is 0 Å². The van der Waals surface area contributed by atoms with Crippen molar-refractivity contribution < 1.29 is 4.79 Å². The first-order valence-electron chi connectivity index (χ1n) is 7.66. The second kappa shape index (κ2) is 7.52. The van der Waals surface area contributed by atoms with Gasteiger partial charge in [-0.3, -0.25) is 4.79 Å². The lowest BCUT2D eigenvalue weighted by atomic mass is 9.86. The number of alkyl halides is 1. The molecule has 1 aliphatic carbocycles. The summed E-state index contributed by atoms with van der Waals surface area (Å²) in [7, 11) is 0. The minimum atomic E-state index is 0.438. The van der Waals surface area contributed by atoms with Gasteiger partial charge >= 0.3 is 0 Å². The minimum absolute atomic E-state index is 0.438. The summed E-state index contributed by atoms with van der Waals surface area (Å²) in [5.41, 5.74) is 0. The number of piperidine rings is 1. The molecular weight excluding hydrogens is 290 g/mol. The van der Waals surface area contributed by atoms with E-state index in [0.717, 1.165) is 24.7 Å². The third-order valence-electron chi connectivity index (χ3n) is 4.58. The lowest BCUT2D eigenvalue weighted by Gasteiger charge is -2.37. The zero-order valence-electron chi connectivity index (χ0n) is 11.4. The number of nitrogens with zero attached hydrogens (tertiary/aromatic N) is 1. The maximum Gasteiger partial charge on any atom is 0.223 e. The molecule has 1 saturated heterocycles. The fraction of sp³-hybridized carbons (Fsp3) is 0.933. The fourth-order valence-corrected chi connectivity index (χ4v) is 4.04. The molecule has 0 spiro atoms. The molecule has 1 heterocycles. The van der Waals surface area contributed by atoms with Gasteiger partial charge in [0, 0.05) is 24.3 Å². The number of likely N-dealkylation sites (tertiary alicyclic amines) is 1. The summed E-state index contributed by atoms with van der Waals surface area (Å²) >= 11 is 3.52. The van der Waals surface area contributed by atoms with Crippen LogP contribution in [0.25, 0.3) is 0 Å². The third kappa shape index (κ3) is 3.97. The van der Waals surface area contributed by atoms with Gasteiger partial charge in [-0.25, -0.2) is 0 Å². The molecule has 0 aromatic heterocycles. The molecule has 3 heteroatoms. The van der Waals surface area contributed by atoms with Crippen LogP contribution in [0.1, 0.15) is 64.2 Å². The van der Waals surface area contributed by atoms with Crippen LogP contribution in [0.4, 0.5) is 0 Å². The maximum absolute atomic E-state index is 12.5. The molecule has 0 radical (unpaired) electrons. The SMILES string of the molecule is O=C(CC1CCCCC1)N1CCCCC1CCBr. The van der Waals surface area contributed by atoms with Gasteiger partial charge < -0.3 is 4.90 Å². The van der Waals surface area contributed by atoms with Crippen LogP contribution in [0.15, 0.2) is 0 Å². The van der Waals surface area contributed by atoms with Gasteiger partial charge in [0.2, 0.25) is 5.91 Å². The fourth-order valence-electron chi connectivity index (χ4n) is 3.51. The number of carbonyl (C=O) groups excluding carboxylic acids is 1. The van der Waals surface area contributed by atoms with Crippen LogP contribution in [0.2, 0.25) is 0 Å². The highest BCUT2D eigenvalue weighted by Gasteiger charge is 2.28. The van der Waals surface area contributed by atoms with E-state index in [1.807, 2.05) is 0 Å².